The summed E-state index contributed by atoms with van der Waals surface area (Å²) in [6.07, 6.45) is 8.32. The molecule has 2 aromatic rings. The summed E-state index contributed by atoms with van der Waals surface area (Å²) < 4.78 is 22.1. The number of nitrogens with zero attached hydrogens (tertiary/aromatic N) is 4. The molecule has 2 aromatic carbocycles. The highest BCUT2D eigenvalue weighted by Gasteiger charge is 2.33. The summed E-state index contributed by atoms with van der Waals surface area (Å²) in [6.45, 7) is 11.0. The van der Waals surface area contributed by atoms with Gasteiger partial charge in [0, 0.05) is 105 Å². The van der Waals surface area contributed by atoms with Crippen molar-refractivity contribution in [3.05, 3.63) is 45.4 Å². The molecule has 69 heavy (non-hydrogen) atoms. The highest BCUT2D eigenvalue weighted by atomic mass is 35.5. The third-order valence-corrected chi connectivity index (χ3v) is 13.5. The second-order valence-corrected chi connectivity index (χ2v) is 18.5. The van der Waals surface area contributed by atoms with Gasteiger partial charge in [0.25, 0.3) is 11.8 Å². The first-order valence-electron chi connectivity index (χ1n) is 23.6. The Morgan fingerprint density at radius 3 is 1.26 bits per heavy atom. The molecule has 0 saturated carbocycles. The van der Waals surface area contributed by atoms with Crippen LogP contribution in [0.4, 0.5) is 11.4 Å². The van der Waals surface area contributed by atoms with E-state index in [0.717, 1.165) is 104 Å². The van der Waals surface area contributed by atoms with Gasteiger partial charge in [-0.3, -0.25) is 28.8 Å². The number of piperidine rings is 2. The van der Waals surface area contributed by atoms with E-state index in [2.05, 4.69) is 31.1 Å². The molecular weight excluding hydrogens is 935 g/mol. The number of hydrogen-bond donors (Lipinski definition) is 4. The van der Waals surface area contributed by atoms with E-state index in [1.165, 1.54) is 40.2 Å². The van der Waals surface area contributed by atoms with Crippen LogP contribution >= 0.6 is 23.2 Å². The number of ether oxygens (including phenoxy) is 4. The van der Waals surface area contributed by atoms with Crippen molar-refractivity contribution >= 4 is 70.0 Å². The highest BCUT2D eigenvalue weighted by Crippen LogP contribution is 2.33. The lowest BCUT2D eigenvalue weighted by molar-refractivity contribution is -0.131. The Morgan fingerprint density at radius 2 is 0.942 bits per heavy atom. The molecule has 0 aromatic heterocycles. The first-order valence-corrected chi connectivity index (χ1v) is 24.4. The fourth-order valence-corrected chi connectivity index (χ4v) is 9.62. The molecule has 6 amide bonds. The van der Waals surface area contributed by atoms with E-state index in [9.17, 15) is 28.8 Å². The van der Waals surface area contributed by atoms with Crippen molar-refractivity contribution < 1.29 is 53.2 Å². The summed E-state index contributed by atoms with van der Waals surface area (Å²) in [5.41, 5.74) is 1.35. The zero-order valence-electron chi connectivity index (χ0n) is 40.9. The van der Waals surface area contributed by atoms with Crippen molar-refractivity contribution in [3.63, 3.8) is 0 Å². The van der Waals surface area contributed by atoms with Crippen molar-refractivity contribution in [2.45, 2.75) is 102 Å². The molecule has 6 N–H and O–H groups in total. The Hall–Kier alpha value is -4.76. The molecule has 6 rings (SSSR count). The van der Waals surface area contributed by atoms with Crippen LogP contribution in [-0.4, -0.2) is 179 Å². The van der Waals surface area contributed by atoms with Crippen LogP contribution in [0.3, 0.4) is 0 Å². The third kappa shape index (κ3) is 16.7. The molecule has 0 aliphatic carbocycles. The first kappa shape index (κ1) is 56.8. The van der Waals surface area contributed by atoms with Gasteiger partial charge in [0.2, 0.25) is 23.6 Å². The maximum absolute atomic E-state index is 13.0. The van der Waals surface area contributed by atoms with Crippen molar-refractivity contribution in [1.82, 2.24) is 30.2 Å². The number of amides is 6. The minimum Gasteiger partial charge on any atom is -0.496 e. The summed E-state index contributed by atoms with van der Waals surface area (Å²) in [6, 6.07) is 5.73. The average Bonchev–Trinajstić information content (AvgIpc) is 4.07. The maximum atomic E-state index is 13.0. The molecule has 4 unspecified atom stereocenters. The summed E-state index contributed by atoms with van der Waals surface area (Å²) in [7, 11) is 6.21. The van der Waals surface area contributed by atoms with Crippen LogP contribution < -0.4 is 30.7 Å². The quantitative estimate of drug-likeness (QED) is 0.164. The third-order valence-electron chi connectivity index (χ3n) is 12.9. The lowest BCUT2D eigenvalue weighted by Crippen LogP contribution is -2.55. The second kappa shape index (κ2) is 28.2. The summed E-state index contributed by atoms with van der Waals surface area (Å²) in [5, 5.41) is 11.9. The lowest BCUT2D eigenvalue weighted by atomic mass is 10.0. The highest BCUT2D eigenvalue weighted by molar-refractivity contribution is 6.34. The minimum absolute atomic E-state index is 0. The summed E-state index contributed by atoms with van der Waals surface area (Å²) in [5.74, 6) is -0.0261. The molecule has 4 fully saturated rings. The van der Waals surface area contributed by atoms with Gasteiger partial charge < -0.3 is 65.3 Å². The monoisotopic (exact) mass is 1010 g/mol. The van der Waals surface area contributed by atoms with Gasteiger partial charge in [-0.2, -0.15) is 0 Å². The van der Waals surface area contributed by atoms with Crippen LogP contribution in [0.25, 0.3) is 0 Å². The first-order chi connectivity index (χ1) is 32.6. The number of anilines is 2. The van der Waals surface area contributed by atoms with Crippen molar-refractivity contribution in [2.24, 2.45) is 0 Å². The van der Waals surface area contributed by atoms with Gasteiger partial charge in [-0.1, -0.05) is 23.2 Å². The molecule has 0 spiro atoms. The largest absolute Gasteiger partial charge is 0.496 e. The predicted octanol–water partition coefficient (Wildman–Crippen LogP) is 4.23. The molecule has 4 aliphatic rings. The molecule has 384 valence electrons. The molecule has 4 atom stereocenters. The maximum Gasteiger partial charge on any atom is 0.255 e. The van der Waals surface area contributed by atoms with E-state index in [1.807, 2.05) is 9.80 Å². The fraction of sp³-hybridized carbons (Fsp3) is 0.625. The Bertz CT molecular complexity index is 1930. The smallest absolute Gasteiger partial charge is 0.255 e. The minimum atomic E-state index is -0.315. The van der Waals surface area contributed by atoms with E-state index in [4.69, 9.17) is 42.1 Å². The topological polar surface area (TPSA) is 232 Å². The number of halogens is 2. The number of benzene rings is 2. The zero-order chi connectivity index (χ0) is 49.3. The molecule has 21 heteroatoms. The normalized spacial score (nSPS) is 20.5. The van der Waals surface area contributed by atoms with Gasteiger partial charge in [0.1, 0.15) is 11.5 Å². The van der Waals surface area contributed by atoms with Crippen LogP contribution in [-0.2, 0) is 28.7 Å². The Balaban J connectivity index is 0.000000296. The predicted molar refractivity (Wildman–Crippen MR) is 265 cm³/mol. The van der Waals surface area contributed by atoms with Crippen LogP contribution in [0.5, 0.6) is 11.5 Å². The van der Waals surface area contributed by atoms with E-state index in [0.29, 0.717) is 59.9 Å². The number of carbonyl (C=O) groups excluding carboxylic acids is 6. The molecule has 4 saturated heterocycles. The second-order valence-electron chi connectivity index (χ2n) is 17.7. The number of likely N-dealkylation sites (tertiary alicyclic amines) is 4. The van der Waals surface area contributed by atoms with Gasteiger partial charge in [-0.25, -0.2) is 0 Å². The summed E-state index contributed by atoms with van der Waals surface area (Å²) >= 11 is 12.5. The van der Waals surface area contributed by atoms with E-state index >= 15 is 0 Å². The SMILES string of the molecule is COc1cc(NC(C)=O)c(Cl)cc1C(=O)NC1CCN(CCCC(=O)N2CCCC2)CC1OC.COc1cc(NC(C)=O)c(Cl)cc1C(=O)NC1CCN(CCCC(=O)N2CCCC2)CC1OC.O. The molecule has 19 nitrogen and oxygen atoms in total. The van der Waals surface area contributed by atoms with Crippen molar-refractivity contribution in [3.8, 4) is 11.5 Å². The fourth-order valence-electron chi connectivity index (χ4n) is 9.19. The van der Waals surface area contributed by atoms with Crippen molar-refractivity contribution in [1.29, 1.82) is 0 Å². The van der Waals surface area contributed by atoms with Gasteiger partial charge in [-0.15, -0.1) is 0 Å². The van der Waals surface area contributed by atoms with Gasteiger partial charge in [0.15, 0.2) is 0 Å². The number of carbonyl (C=O) groups is 6. The molecular formula is C48H72Cl2N8O11. The number of methoxy groups -OCH3 is 4. The lowest BCUT2D eigenvalue weighted by Gasteiger charge is -2.38. The van der Waals surface area contributed by atoms with Gasteiger partial charge >= 0.3 is 0 Å². The van der Waals surface area contributed by atoms with Crippen LogP contribution in [0, 0.1) is 0 Å². The zero-order valence-corrected chi connectivity index (χ0v) is 42.4. The van der Waals surface area contributed by atoms with Crippen LogP contribution in [0.1, 0.15) is 98.8 Å². The average molecular weight is 1010 g/mol. The number of nitrogens with one attached hydrogen (secondary N) is 4. The Kier molecular flexibility index (Phi) is 23.2. The van der Waals surface area contributed by atoms with E-state index in [-0.39, 0.29) is 75.3 Å². The van der Waals surface area contributed by atoms with Gasteiger partial charge in [0.05, 0.1) is 71.1 Å². The number of hydrogen-bond acceptors (Lipinski definition) is 12. The Morgan fingerprint density at radius 1 is 0.580 bits per heavy atom. The Labute approximate surface area is 415 Å². The summed E-state index contributed by atoms with van der Waals surface area (Å²) in [4.78, 5) is 81.9. The molecule has 0 radical (unpaired) electrons. The molecule has 4 heterocycles. The van der Waals surface area contributed by atoms with Crippen molar-refractivity contribution in [2.75, 3.05) is 105 Å². The van der Waals surface area contributed by atoms with Crippen LogP contribution in [0.15, 0.2) is 24.3 Å². The van der Waals surface area contributed by atoms with E-state index in [1.54, 1.807) is 26.4 Å². The van der Waals surface area contributed by atoms with Gasteiger partial charge in [-0.05, 0) is 76.6 Å². The molecule has 0 bridgehead atoms. The van der Waals surface area contributed by atoms with E-state index < -0.39 is 0 Å². The molecule has 4 aliphatic heterocycles. The van der Waals surface area contributed by atoms with Crippen LogP contribution in [0.2, 0.25) is 10.0 Å². The number of rotatable bonds is 18. The standard InChI is InChI=1S/2C24H35ClN4O5.H2O/c2*1-16(30)26-20-14-21(33-2)17(13-18(20)25)24(32)27-19-8-12-28(15-22(19)34-3)9-6-7-23(31)29-10-4-5-11-29;/h2*13-14,19,22H,4-12,15H2,1-3H3,(H,26,30)(H,27,32);1H2.